The van der Waals surface area contributed by atoms with Crippen LogP contribution in [0.3, 0.4) is 0 Å². The molecule has 2 aliphatic rings. The Balaban J connectivity index is 1.33. The number of likely N-dealkylation sites (tertiary alicyclic amines) is 1. The van der Waals surface area contributed by atoms with Crippen molar-refractivity contribution in [2.75, 3.05) is 80.8 Å². The van der Waals surface area contributed by atoms with Gasteiger partial charge in [0.15, 0.2) is 0 Å². The molecule has 0 aliphatic carbocycles. The number of nitrogens with one attached hydrogen (secondary N) is 3. The summed E-state index contributed by atoms with van der Waals surface area (Å²) >= 11 is 0. The third-order valence-corrected chi connectivity index (χ3v) is 9.11. The number of hydrogen-bond acceptors (Lipinski definition) is 9. The van der Waals surface area contributed by atoms with E-state index in [9.17, 15) is 13.2 Å². The van der Waals surface area contributed by atoms with E-state index in [1.807, 2.05) is 50.4 Å². The number of piperidine rings is 1. The van der Waals surface area contributed by atoms with E-state index < -0.39 is 11.7 Å². The van der Waals surface area contributed by atoms with Crippen LogP contribution in [-0.4, -0.2) is 85.8 Å². The molecule has 3 aromatic rings. The highest BCUT2D eigenvalue weighted by molar-refractivity contribution is 5.69. The molecule has 47 heavy (non-hydrogen) atoms. The van der Waals surface area contributed by atoms with E-state index in [0.29, 0.717) is 24.1 Å². The quantitative estimate of drug-likeness (QED) is 0.219. The van der Waals surface area contributed by atoms with E-state index >= 15 is 0 Å². The van der Waals surface area contributed by atoms with Crippen LogP contribution in [0.4, 0.5) is 42.0 Å². The number of anilines is 5. The largest absolute Gasteiger partial charge is 0.492 e. The van der Waals surface area contributed by atoms with E-state index in [0.717, 1.165) is 68.0 Å². The Morgan fingerprint density at radius 3 is 2.32 bits per heavy atom. The van der Waals surface area contributed by atoms with E-state index in [2.05, 4.69) is 68.4 Å². The molecular formula is C35H49F3N8O. The first kappa shape index (κ1) is 34.6. The molecule has 3 N–H and O–H groups in total. The summed E-state index contributed by atoms with van der Waals surface area (Å²) in [5, 5.41) is 9.29. The number of benzene rings is 2. The Labute approximate surface area is 276 Å². The summed E-state index contributed by atoms with van der Waals surface area (Å²) in [5.41, 5.74) is 3.32. The summed E-state index contributed by atoms with van der Waals surface area (Å²) in [6.07, 6.45) is -1.37. The van der Waals surface area contributed by atoms with Gasteiger partial charge in [-0.3, -0.25) is 4.90 Å². The number of ether oxygens (including phenoxy) is 1. The van der Waals surface area contributed by atoms with Crippen LogP contribution in [0.1, 0.15) is 57.2 Å². The van der Waals surface area contributed by atoms with E-state index in [-0.39, 0.29) is 23.7 Å². The summed E-state index contributed by atoms with van der Waals surface area (Å²) in [6.45, 7) is 14.9. The third-order valence-electron chi connectivity index (χ3n) is 9.11. The molecular weight excluding hydrogens is 605 g/mol. The van der Waals surface area contributed by atoms with Gasteiger partial charge in [-0.15, -0.1) is 0 Å². The fourth-order valence-electron chi connectivity index (χ4n) is 6.72. The molecule has 3 heterocycles. The number of aromatic nitrogens is 2. The van der Waals surface area contributed by atoms with Gasteiger partial charge in [0.25, 0.3) is 0 Å². The third kappa shape index (κ3) is 8.39. The number of hydrogen-bond donors (Lipinski definition) is 3. The summed E-state index contributed by atoms with van der Waals surface area (Å²) in [4.78, 5) is 15.7. The Kier molecular flexibility index (Phi) is 10.7. The SMILES string of the molecule is CCOc1cc(N2CCN(C3CCN(C)CC3)CC2)ccc1Nc1ncc(C(F)(F)F)c(NCc2cccc(NC)c2C(C)(C)C)n1. The Hall–Kier alpha value is -3.77. The molecule has 0 amide bonds. The normalized spacial score (nSPS) is 17.1. The minimum atomic E-state index is -4.63. The van der Waals surface area contributed by atoms with Crippen molar-refractivity contribution in [2.24, 2.45) is 0 Å². The van der Waals surface area contributed by atoms with Crippen LogP contribution in [0.2, 0.25) is 0 Å². The highest BCUT2D eigenvalue weighted by atomic mass is 19.4. The minimum Gasteiger partial charge on any atom is -0.492 e. The lowest BCUT2D eigenvalue weighted by atomic mass is 9.82. The first-order valence-corrected chi connectivity index (χ1v) is 16.6. The van der Waals surface area contributed by atoms with Crippen LogP contribution in [0, 0.1) is 0 Å². The second-order valence-electron chi connectivity index (χ2n) is 13.4. The van der Waals surface area contributed by atoms with Gasteiger partial charge in [0.1, 0.15) is 17.1 Å². The molecule has 2 saturated heterocycles. The molecule has 0 unspecified atom stereocenters. The average molecular weight is 655 g/mol. The van der Waals surface area contributed by atoms with Crippen molar-refractivity contribution in [3.63, 3.8) is 0 Å². The van der Waals surface area contributed by atoms with Crippen molar-refractivity contribution in [3.05, 3.63) is 59.3 Å². The predicted molar refractivity (Wildman–Crippen MR) is 184 cm³/mol. The Bertz CT molecular complexity index is 1490. The van der Waals surface area contributed by atoms with Crippen LogP contribution >= 0.6 is 0 Å². The summed E-state index contributed by atoms with van der Waals surface area (Å²) in [5.74, 6) is 0.349. The van der Waals surface area contributed by atoms with Crippen LogP contribution < -0.4 is 25.6 Å². The Morgan fingerprint density at radius 2 is 1.68 bits per heavy atom. The van der Waals surface area contributed by atoms with Gasteiger partial charge in [-0.2, -0.15) is 18.2 Å². The van der Waals surface area contributed by atoms with E-state index in [1.54, 1.807) is 0 Å². The summed E-state index contributed by atoms with van der Waals surface area (Å²) in [6, 6.07) is 12.3. The zero-order valence-corrected chi connectivity index (χ0v) is 28.5. The van der Waals surface area contributed by atoms with Gasteiger partial charge in [-0.05, 0) is 74.6 Å². The number of alkyl halides is 3. The van der Waals surface area contributed by atoms with E-state index in [4.69, 9.17) is 4.74 Å². The molecule has 9 nitrogen and oxygen atoms in total. The van der Waals surface area contributed by atoms with Crippen molar-refractivity contribution < 1.29 is 17.9 Å². The van der Waals surface area contributed by atoms with Gasteiger partial charge in [-0.1, -0.05) is 32.9 Å². The maximum absolute atomic E-state index is 14.1. The second kappa shape index (κ2) is 14.6. The number of halogens is 3. The standard InChI is InChI=1S/C35H49F3N8O/c1-7-47-30-21-26(46-19-17-45(18-20-46)25-13-15-44(6)16-14-25)11-12-28(30)42-33-41-23-27(35(36,37)38)32(43-33)40-22-24-9-8-10-29(39-5)31(24)34(2,3)4/h8-12,21,23,25,39H,7,13-20,22H2,1-6H3,(H2,40,41,42,43). The average Bonchev–Trinajstić information content (AvgIpc) is 3.04. The zero-order valence-electron chi connectivity index (χ0n) is 28.5. The molecule has 2 fully saturated rings. The van der Waals surface area contributed by atoms with Crippen LogP contribution in [0.15, 0.2) is 42.6 Å². The van der Waals surface area contributed by atoms with Crippen molar-refractivity contribution in [2.45, 2.75) is 64.7 Å². The molecule has 2 aromatic carbocycles. The molecule has 0 bridgehead atoms. The predicted octanol–water partition coefficient (Wildman–Crippen LogP) is 6.81. The van der Waals surface area contributed by atoms with Crippen molar-refractivity contribution in [1.82, 2.24) is 19.8 Å². The van der Waals surface area contributed by atoms with E-state index in [1.165, 1.54) is 12.8 Å². The van der Waals surface area contributed by atoms with Crippen LogP contribution in [0.5, 0.6) is 5.75 Å². The molecule has 0 atom stereocenters. The second-order valence-corrected chi connectivity index (χ2v) is 13.4. The molecule has 0 spiro atoms. The monoisotopic (exact) mass is 654 g/mol. The molecule has 2 aliphatic heterocycles. The maximum atomic E-state index is 14.1. The molecule has 5 rings (SSSR count). The lowest BCUT2D eigenvalue weighted by molar-refractivity contribution is -0.137. The molecule has 1 aromatic heterocycles. The fraction of sp³-hybridized carbons (Fsp3) is 0.543. The summed E-state index contributed by atoms with van der Waals surface area (Å²) in [7, 11) is 4.03. The van der Waals surface area contributed by atoms with Gasteiger partial charge >= 0.3 is 6.18 Å². The van der Waals surface area contributed by atoms with Crippen molar-refractivity contribution in [3.8, 4) is 5.75 Å². The highest BCUT2D eigenvalue weighted by Gasteiger charge is 2.35. The lowest BCUT2D eigenvalue weighted by Gasteiger charge is -2.43. The molecule has 12 heteroatoms. The lowest BCUT2D eigenvalue weighted by Crippen LogP contribution is -2.53. The van der Waals surface area contributed by atoms with Crippen molar-refractivity contribution in [1.29, 1.82) is 0 Å². The smallest absolute Gasteiger partial charge is 0.421 e. The highest BCUT2D eigenvalue weighted by Crippen LogP contribution is 2.37. The zero-order chi connectivity index (χ0) is 33.8. The number of rotatable bonds is 10. The first-order chi connectivity index (χ1) is 22.4. The van der Waals surface area contributed by atoms with Crippen LogP contribution in [0.25, 0.3) is 0 Å². The van der Waals surface area contributed by atoms with Crippen molar-refractivity contribution >= 4 is 28.8 Å². The summed E-state index contributed by atoms with van der Waals surface area (Å²) < 4.78 is 48.2. The number of nitrogens with zero attached hydrogens (tertiary/aromatic N) is 5. The molecule has 0 radical (unpaired) electrons. The van der Waals surface area contributed by atoms with Crippen LogP contribution in [-0.2, 0) is 18.1 Å². The molecule has 0 saturated carbocycles. The maximum Gasteiger partial charge on any atom is 0.421 e. The van der Waals surface area contributed by atoms with Gasteiger partial charge in [0.2, 0.25) is 5.95 Å². The molecule has 256 valence electrons. The fourth-order valence-corrected chi connectivity index (χ4v) is 6.72. The topological polar surface area (TPSA) is 80.8 Å². The van der Waals surface area contributed by atoms with Gasteiger partial charge < -0.3 is 30.5 Å². The van der Waals surface area contributed by atoms with Gasteiger partial charge in [0, 0.05) is 69.5 Å². The van der Waals surface area contributed by atoms with Gasteiger partial charge in [-0.25, -0.2) is 4.98 Å². The number of piperazine rings is 1. The van der Waals surface area contributed by atoms with Gasteiger partial charge in [0.05, 0.1) is 12.3 Å². The first-order valence-electron chi connectivity index (χ1n) is 16.6. The minimum absolute atomic E-state index is 0.0426. The Morgan fingerprint density at radius 1 is 0.957 bits per heavy atom.